The fourth-order valence-corrected chi connectivity index (χ4v) is 2.15. The molecule has 0 saturated carbocycles. The van der Waals surface area contributed by atoms with Gasteiger partial charge in [-0.1, -0.05) is 57.7 Å². The van der Waals surface area contributed by atoms with Gasteiger partial charge < -0.3 is 5.32 Å². The van der Waals surface area contributed by atoms with Crippen molar-refractivity contribution < 1.29 is 0 Å². The summed E-state index contributed by atoms with van der Waals surface area (Å²) in [6.07, 6.45) is 14.0. The first-order valence-electron chi connectivity index (χ1n) is 8.60. The van der Waals surface area contributed by atoms with Crippen molar-refractivity contribution in [3.63, 3.8) is 0 Å². The second kappa shape index (κ2) is 12.7. The smallest absolute Gasteiger partial charge is 0.0368 e. The Morgan fingerprint density at radius 2 is 1.96 bits per heavy atom. The molecule has 0 saturated heterocycles. The maximum absolute atomic E-state index is 4.64. The number of nitrogens with one attached hydrogen (secondary N) is 1. The van der Waals surface area contributed by atoms with Gasteiger partial charge in [-0.05, 0) is 44.8 Å². The molecule has 0 unspecified atom stereocenters. The molecule has 0 amide bonds. The zero-order valence-corrected chi connectivity index (χ0v) is 15.7. The number of nitrogens with zero attached hydrogens (tertiary/aromatic N) is 1. The molecule has 0 fully saturated rings. The number of hydrogen-bond donors (Lipinski definition) is 1. The number of allylic oxidation sites excluding steroid dienone is 7. The van der Waals surface area contributed by atoms with Gasteiger partial charge in [0.15, 0.2) is 0 Å². The quantitative estimate of drug-likeness (QED) is 0.361. The number of hydrogen-bond acceptors (Lipinski definition) is 2. The van der Waals surface area contributed by atoms with Gasteiger partial charge in [-0.3, -0.25) is 4.99 Å². The molecule has 23 heavy (non-hydrogen) atoms. The van der Waals surface area contributed by atoms with Crippen molar-refractivity contribution in [2.24, 2.45) is 4.99 Å². The van der Waals surface area contributed by atoms with E-state index in [9.17, 15) is 0 Å². The van der Waals surface area contributed by atoms with Crippen LogP contribution in [-0.4, -0.2) is 12.3 Å². The van der Waals surface area contributed by atoms with Crippen LogP contribution in [-0.2, 0) is 0 Å². The predicted octanol–water partition coefficient (Wildman–Crippen LogP) is 6.11. The molecule has 2 nitrogen and oxygen atoms in total. The van der Waals surface area contributed by atoms with E-state index >= 15 is 0 Å². The van der Waals surface area contributed by atoms with E-state index in [4.69, 9.17) is 0 Å². The average molecular weight is 315 g/mol. The minimum atomic E-state index is 0.412. The Balaban J connectivity index is 5.04. The first kappa shape index (κ1) is 21.2. The minimum Gasteiger partial charge on any atom is -0.386 e. The fourth-order valence-electron chi connectivity index (χ4n) is 2.15. The van der Waals surface area contributed by atoms with Crippen molar-refractivity contribution in [1.29, 1.82) is 0 Å². The van der Waals surface area contributed by atoms with Crippen molar-refractivity contribution in [3.05, 3.63) is 60.0 Å². The second-order valence-corrected chi connectivity index (χ2v) is 5.97. The van der Waals surface area contributed by atoms with Crippen LogP contribution in [0.1, 0.15) is 60.3 Å². The maximum Gasteiger partial charge on any atom is 0.0368 e. The normalized spacial score (nSPS) is 13.7. The fraction of sp³-hybridized carbons (Fsp3) is 0.476. The molecule has 0 aromatic carbocycles. The van der Waals surface area contributed by atoms with Gasteiger partial charge in [-0.25, -0.2) is 0 Å². The first-order chi connectivity index (χ1) is 10.9. The van der Waals surface area contributed by atoms with Crippen LogP contribution >= 0.6 is 0 Å². The lowest BCUT2D eigenvalue weighted by molar-refractivity contribution is 0.652. The van der Waals surface area contributed by atoms with Crippen LogP contribution in [0.3, 0.4) is 0 Å². The summed E-state index contributed by atoms with van der Waals surface area (Å²) in [5, 5.41) is 3.37. The second-order valence-electron chi connectivity index (χ2n) is 5.97. The van der Waals surface area contributed by atoms with Crippen molar-refractivity contribution in [2.45, 2.75) is 66.3 Å². The van der Waals surface area contributed by atoms with Gasteiger partial charge in [0.1, 0.15) is 0 Å². The van der Waals surface area contributed by atoms with Crippen molar-refractivity contribution in [2.75, 3.05) is 0 Å². The summed E-state index contributed by atoms with van der Waals surface area (Å²) in [6, 6.07) is 0.412. The Bertz CT molecular complexity index is 488. The molecule has 2 heteroatoms. The third kappa shape index (κ3) is 10.5. The van der Waals surface area contributed by atoms with E-state index < -0.39 is 0 Å². The Morgan fingerprint density at radius 3 is 2.48 bits per heavy atom. The van der Waals surface area contributed by atoms with E-state index in [2.05, 4.69) is 70.2 Å². The molecule has 0 rings (SSSR count). The molecule has 128 valence electrons. The van der Waals surface area contributed by atoms with Crippen molar-refractivity contribution in [3.8, 4) is 0 Å². The van der Waals surface area contributed by atoms with Gasteiger partial charge in [-0.2, -0.15) is 0 Å². The summed E-state index contributed by atoms with van der Waals surface area (Å²) in [6.45, 7) is 18.5. The summed E-state index contributed by atoms with van der Waals surface area (Å²) >= 11 is 0. The van der Waals surface area contributed by atoms with Crippen LogP contribution in [0.2, 0.25) is 0 Å². The molecule has 0 aromatic heterocycles. The molecule has 0 aliphatic heterocycles. The van der Waals surface area contributed by atoms with Crippen molar-refractivity contribution in [1.82, 2.24) is 5.32 Å². The molecule has 0 spiro atoms. The highest BCUT2D eigenvalue weighted by atomic mass is 14.9. The predicted molar refractivity (Wildman–Crippen MR) is 106 cm³/mol. The Labute approximate surface area is 143 Å². The van der Waals surface area contributed by atoms with Gasteiger partial charge in [0.2, 0.25) is 0 Å². The lowest BCUT2D eigenvalue weighted by Crippen LogP contribution is -2.21. The lowest BCUT2D eigenvalue weighted by Gasteiger charge is -2.15. The van der Waals surface area contributed by atoms with Crippen LogP contribution in [0.5, 0.6) is 0 Å². The average Bonchev–Trinajstić information content (AvgIpc) is 2.49. The van der Waals surface area contributed by atoms with Gasteiger partial charge in [0.05, 0.1) is 0 Å². The maximum atomic E-state index is 4.64. The summed E-state index contributed by atoms with van der Waals surface area (Å²) in [5.74, 6) is 0. The molecule has 0 aliphatic carbocycles. The molecule has 0 heterocycles. The van der Waals surface area contributed by atoms with E-state index in [-0.39, 0.29) is 0 Å². The summed E-state index contributed by atoms with van der Waals surface area (Å²) in [7, 11) is 0. The van der Waals surface area contributed by atoms with Crippen molar-refractivity contribution >= 4 is 6.21 Å². The van der Waals surface area contributed by atoms with Gasteiger partial charge in [0.25, 0.3) is 0 Å². The largest absolute Gasteiger partial charge is 0.386 e. The summed E-state index contributed by atoms with van der Waals surface area (Å²) < 4.78 is 0. The summed E-state index contributed by atoms with van der Waals surface area (Å²) in [4.78, 5) is 4.64. The summed E-state index contributed by atoms with van der Waals surface area (Å²) in [5.41, 5.74) is 4.51. The van der Waals surface area contributed by atoms with E-state index in [1.807, 2.05) is 12.3 Å². The Hall–Kier alpha value is -1.83. The molecule has 0 radical (unpaired) electrons. The highest BCUT2D eigenvalue weighted by Crippen LogP contribution is 2.17. The molecule has 0 bridgehead atoms. The highest BCUT2D eigenvalue weighted by Gasteiger charge is 2.04. The van der Waals surface area contributed by atoms with Crippen LogP contribution in [0.25, 0.3) is 0 Å². The Kier molecular flexibility index (Phi) is 11.7. The third-order valence-corrected chi connectivity index (χ3v) is 3.34. The highest BCUT2D eigenvalue weighted by molar-refractivity contribution is 5.83. The molecular weight excluding hydrogens is 280 g/mol. The van der Waals surface area contributed by atoms with Crippen LogP contribution in [0, 0.1) is 0 Å². The molecule has 0 aliphatic rings. The lowest BCUT2D eigenvalue weighted by atomic mass is 10.1. The molecule has 0 atom stereocenters. The molecule has 0 aromatic rings. The minimum absolute atomic E-state index is 0.412. The first-order valence-corrected chi connectivity index (χ1v) is 8.60. The molecule has 1 N–H and O–H groups in total. The monoisotopic (exact) mass is 314 g/mol. The van der Waals surface area contributed by atoms with Crippen LogP contribution in [0.4, 0.5) is 0 Å². The zero-order valence-electron chi connectivity index (χ0n) is 15.7. The van der Waals surface area contributed by atoms with E-state index in [1.54, 1.807) is 6.08 Å². The number of aliphatic imine (C=N–C) groups is 1. The zero-order chi connectivity index (χ0) is 17.7. The number of unbranched alkanes of at least 4 members (excludes halogenated alkanes) is 1. The van der Waals surface area contributed by atoms with Gasteiger partial charge in [0, 0.05) is 30.1 Å². The van der Waals surface area contributed by atoms with Crippen LogP contribution < -0.4 is 5.32 Å². The van der Waals surface area contributed by atoms with E-state index in [0.717, 1.165) is 42.7 Å². The van der Waals surface area contributed by atoms with Crippen LogP contribution in [0.15, 0.2) is 65.0 Å². The molecular formula is C21H34N2. The van der Waals surface area contributed by atoms with E-state index in [1.165, 1.54) is 5.57 Å². The van der Waals surface area contributed by atoms with Gasteiger partial charge >= 0.3 is 0 Å². The number of rotatable bonds is 11. The third-order valence-electron chi connectivity index (χ3n) is 3.34. The Morgan fingerprint density at radius 1 is 1.26 bits per heavy atom. The van der Waals surface area contributed by atoms with E-state index in [0.29, 0.717) is 6.04 Å². The van der Waals surface area contributed by atoms with Gasteiger partial charge in [-0.15, -0.1) is 0 Å². The standard InChI is InChI=1S/C21H34N2/c1-8-11-12-14-20(13-9-2)16-22-19(7)21(10-3)15-18(6)23-17(4)5/h9,12-14,16-17,23H,2,6,8,10-11,15H2,1,3-5,7H3/b14-12-,20-13+,21-19-,22-16-. The SMILES string of the molecule is C=C/C=C(\C=C/CCC)/C=N\C(C)=C(\CC)CC(=C)NC(C)C. The topological polar surface area (TPSA) is 24.4 Å².